The number of hydrogen-bond donors (Lipinski definition) is 0. The van der Waals surface area contributed by atoms with Crippen molar-refractivity contribution in [2.24, 2.45) is 0 Å². The van der Waals surface area contributed by atoms with Crippen LogP contribution in [0.2, 0.25) is 0 Å². The second-order valence-electron chi connectivity index (χ2n) is 16.1. The van der Waals surface area contributed by atoms with E-state index in [0.717, 1.165) is 19.3 Å². The Morgan fingerprint density at radius 3 is 1.75 bits per heavy atom. The van der Waals surface area contributed by atoms with E-state index in [-0.39, 0.29) is 5.41 Å². The second kappa shape index (κ2) is 14.0. The lowest BCUT2D eigenvalue weighted by molar-refractivity contribution is 0.621. The molecule has 1 heteroatoms. The van der Waals surface area contributed by atoms with Crippen LogP contribution in [0, 0.1) is 0 Å². The Kier molecular flexibility index (Phi) is 8.52. The average molecular weight is 720 g/mol. The molecule has 0 aliphatic heterocycles. The van der Waals surface area contributed by atoms with Gasteiger partial charge < -0.3 is 4.57 Å². The molecule has 270 valence electrons. The largest absolute Gasteiger partial charge is 0.309 e. The number of aryl methyl sites for hydroxylation is 1. The minimum absolute atomic E-state index is 0.0553. The number of fused-ring (bicyclic) bond motifs is 6. The van der Waals surface area contributed by atoms with Gasteiger partial charge in [0.05, 0.1) is 11.0 Å². The van der Waals surface area contributed by atoms with Crippen molar-refractivity contribution in [1.29, 1.82) is 0 Å². The first-order valence-electron chi connectivity index (χ1n) is 20.1. The molecule has 1 aliphatic carbocycles. The van der Waals surface area contributed by atoms with Crippen LogP contribution >= 0.6 is 0 Å². The molecule has 0 bridgehead atoms. The number of hydrogen-bond acceptors (Lipinski definition) is 0. The maximum Gasteiger partial charge on any atom is 0.0544 e. The molecule has 0 amide bonds. The fourth-order valence-electron chi connectivity index (χ4n) is 9.31. The quantitative estimate of drug-likeness (QED) is 0.140. The summed E-state index contributed by atoms with van der Waals surface area (Å²) in [7, 11) is 0. The van der Waals surface area contributed by atoms with E-state index in [1.807, 2.05) is 0 Å². The first kappa shape index (κ1) is 34.1. The van der Waals surface area contributed by atoms with Crippen LogP contribution in [-0.2, 0) is 18.3 Å². The lowest BCUT2D eigenvalue weighted by atomic mass is 9.82. The van der Waals surface area contributed by atoms with Crippen LogP contribution in [0.1, 0.15) is 54.0 Å². The van der Waals surface area contributed by atoms with Crippen LogP contribution in [0.4, 0.5) is 0 Å². The van der Waals surface area contributed by atoms with E-state index in [4.69, 9.17) is 0 Å². The van der Waals surface area contributed by atoms with Crippen LogP contribution in [0.25, 0.3) is 60.9 Å². The summed E-state index contributed by atoms with van der Waals surface area (Å²) in [5.74, 6) is 0.446. The summed E-state index contributed by atoms with van der Waals surface area (Å²) in [6.07, 6.45) is 3.16. The Morgan fingerprint density at radius 1 is 0.446 bits per heavy atom. The van der Waals surface area contributed by atoms with Crippen molar-refractivity contribution in [2.45, 2.75) is 44.4 Å². The summed E-state index contributed by atoms with van der Waals surface area (Å²) in [6, 6.07) is 72.0. The fraction of sp³-hybridized carbons (Fsp3) is 0.127. The van der Waals surface area contributed by atoms with E-state index in [0.29, 0.717) is 5.92 Å². The third-order valence-electron chi connectivity index (χ3n) is 12.4. The predicted molar refractivity (Wildman–Crippen MR) is 237 cm³/mol. The van der Waals surface area contributed by atoms with Gasteiger partial charge in [-0.25, -0.2) is 0 Å². The van der Waals surface area contributed by atoms with Gasteiger partial charge in [0.2, 0.25) is 0 Å². The summed E-state index contributed by atoms with van der Waals surface area (Å²) in [5, 5.41) is 2.59. The molecule has 0 fully saturated rings. The van der Waals surface area contributed by atoms with Crippen molar-refractivity contribution < 1.29 is 0 Å². The van der Waals surface area contributed by atoms with Crippen molar-refractivity contribution in [3.63, 3.8) is 0 Å². The van der Waals surface area contributed by atoms with Gasteiger partial charge in [0.25, 0.3) is 0 Å². The smallest absolute Gasteiger partial charge is 0.0544 e. The van der Waals surface area contributed by atoms with Crippen LogP contribution in [0.15, 0.2) is 194 Å². The van der Waals surface area contributed by atoms with Crippen molar-refractivity contribution in [3.8, 4) is 39.1 Å². The molecule has 0 N–H and O–H groups in total. The van der Waals surface area contributed by atoms with Gasteiger partial charge in [-0.05, 0) is 123 Å². The van der Waals surface area contributed by atoms with Crippen molar-refractivity contribution in [1.82, 2.24) is 4.57 Å². The van der Waals surface area contributed by atoms with E-state index in [9.17, 15) is 0 Å². The number of rotatable bonds is 9. The third-order valence-corrected chi connectivity index (χ3v) is 12.4. The SMILES string of the molecule is CC1(C)c2ccccc2-c2cc3c4cc(-c5ccc(CCC(Cc6ccc(-c7ccccc7)cc6)c6ccccc6)cc5)ccc4n(-c4ccccc4)c3cc21. The molecule has 0 saturated heterocycles. The Hall–Kier alpha value is -6.44. The molecule has 1 atom stereocenters. The minimum Gasteiger partial charge on any atom is -0.309 e. The van der Waals surface area contributed by atoms with Gasteiger partial charge in [-0.2, -0.15) is 0 Å². The lowest BCUT2D eigenvalue weighted by Crippen LogP contribution is -2.14. The molecule has 1 heterocycles. The molecule has 8 aromatic carbocycles. The van der Waals surface area contributed by atoms with E-state index < -0.39 is 0 Å². The van der Waals surface area contributed by atoms with Crippen LogP contribution < -0.4 is 0 Å². The molecule has 0 radical (unpaired) electrons. The zero-order valence-electron chi connectivity index (χ0n) is 32.1. The van der Waals surface area contributed by atoms with Crippen LogP contribution in [-0.4, -0.2) is 4.57 Å². The summed E-state index contributed by atoms with van der Waals surface area (Å²) in [4.78, 5) is 0. The van der Waals surface area contributed by atoms with Gasteiger partial charge >= 0.3 is 0 Å². The highest BCUT2D eigenvalue weighted by molar-refractivity contribution is 6.12. The molecule has 0 saturated carbocycles. The molecular weight excluding hydrogens is 675 g/mol. The van der Waals surface area contributed by atoms with Gasteiger partial charge in [0, 0.05) is 21.9 Å². The van der Waals surface area contributed by atoms with E-state index >= 15 is 0 Å². The minimum atomic E-state index is -0.0553. The maximum absolute atomic E-state index is 2.47. The molecule has 1 nitrogen and oxygen atoms in total. The van der Waals surface area contributed by atoms with Gasteiger partial charge in [0.1, 0.15) is 0 Å². The second-order valence-corrected chi connectivity index (χ2v) is 16.1. The standard InChI is InChI=1S/C55H45N/c1-55(2)51-21-13-12-20-47(51)48-36-50-49-35-45(32-33-53(49)56(54(50)37-52(48)55)46-18-10-5-11-19-46)43-27-22-38(23-28-43)24-31-44(41-16-8-4-9-17-41)34-39-25-29-42(30-26-39)40-14-6-3-7-15-40/h3-23,25-30,32-33,35-37,44H,24,31,34H2,1-2H3. The topological polar surface area (TPSA) is 4.93 Å². The lowest BCUT2D eigenvalue weighted by Gasteiger charge is -2.21. The summed E-state index contributed by atoms with van der Waals surface area (Å²) >= 11 is 0. The highest BCUT2D eigenvalue weighted by atomic mass is 15.0. The summed E-state index contributed by atoms with van der Waals surface area (Å²) < 4.78 is 2.46. The normalized spacial score (nSPS) is 13.5. The Balaban J connectivity index is 0.952. The van der Waals surface area contributed by atoms with Crippen molar-refractivity contribution in [3.05, 3.63) is 222 Å². The first-order chi connectivity index (χ1) is 27.5. The average Bonchev–Trinajstić information content (AvgIpc) is 3.70. The van der Waals surface area contributed by atoms with E-state index in [1.54, 1.807) is 0 Å². The highest BCUT2D eigenvalue weighted by Gasteiger charge is 2.36. The fourth-order valence-corrected chi connectivity index (χ4v) is 9.31. The number of nitrogens with zero attached hydrogens (tertiary/aromatic N) is 1. The van der Waals surface area contributed by atoms with Crippen molar-refractivity contribution >= 4 is 21.8 Å². The predicted octanol–water partition coefficient (Wildman–Crippen LogP) is 14.4. The Labute approximate surface area is 330 Å². The van der Waals surface area contributed by atoms with Crippen LogP contribution in [0.3, 0.4) is 0 Å². The monoisotopic (exact) mass is 719 g/mol. The van der Waals surface area contributed by atoms with E-state index in [1.165, 1.54) is 88.7 Å². The Morgan fingerprint density at radius 2 is 1.02 bits per heavy atom. The summed E-state index contributed by atoms with van der Waals surface area (Å²) in [5.41, 5.74) is 18.4. The third kappa shape index (κ3) is 6.05. The number of para-hydroxylation sites is 1. The molecule has 56 heavy (non-hydrogen) atoms. The highest BCUT2D eigenvalue weighted by Crippen LogP contribution is 2.51. The molecule has 1 unspecified atom stereocenters. The molecular formula is C55H45N. The zero-order valence-corrected chi connectivity index (χ0v) is 32.1. The number of benzene rings is 8. The first-order valence-corrected chi connectivity index (χ1v) is 20.1. The van der Waals surface area contributed by atoms with E-state index in [2.05, 4.69) is 213 Å². The van der Waals surface area contributed by atoms with Crippen molar-refractivity contribution in [2.75, 3.05) is 0 Å². The molecule has 1 aromatic heterocycles. The van der Waals surface area contributed by atoms with Gasteiger partial charge in [-0.1, -0.05) is 172 Å². The van der Waals surface area contributed by atoms with Gasteiger partial charge in [0.15, 0.2) is 0 Å². The zero-order chi connectivity index (χ0) is 37.6. The van der Waals surface area contributed by atoms with Gasteiger partial charge in [-0.15, -0.1) is 0 Å². The Bertz CT molecular complexity index is 2810. The molecule has 0 spiro atoms. The molecule has 1 aliphatic rings. The van der Waals surface area contributed by atoms with Crippen LogP contribution in [0.5, 0.6) is 0 Å². The molecule has 9 aromatic rings. The maximum atomic E-state index is 2.47. The summed E-state index contributed by atoms with van der Waals surface area (Å²) in [6.45, 7) is 4.74. The molecule has 10 rings (SSSR count). The number of aromatic nitrogens is 1. The van der Waals surface area contributed by atoms with Gasteiger partial charge in [-0.3, -0.25) is 0 Å².